The van der Waals surface area contributed by atoms with Crippen molar-refractivity contribution in [1.29, 1.82) is 0 Å². The van der Waals surface area contributed by atoms with E-state index < -0.39 is 17.5 Å². The predicted molar refractivity (Wildman–Crippen MR) is 62.5 cm³/mol. The van der Waals surface area contributed by atoms with E-state index in [0.717, 1.165) is 18.9 Å². The quantitative estimate of drug-likeness (QED) is 0.454. The number of nitrogens with zero attached hydrogens (tertiary/aromatic N) is 1. The smallest absolute Gasteiger partial charge is 0.299 e. The van der Waals surface area contributed by atoms with Gasteiger partial charge in [-0.25, -0.2) is 4.39 Å². The number of fused-ring (bicyclic) bond motifs is 1. The standard InChI is InChI=1S/C13H12FNO2/c1-2-3-4-7-15-11-6-5-9(14)8-10(11)12(16)13(15)17/h2,5-6,8H,1,3-4,7H2. The minimum absolute atomic E-state index is 0.161. The number of carbonyl (C=O) groups is 2. The first-order valence-corrected chi connectivity index (χ1v) is 5.42. The molecule has 0 fully saturated rings. The fourth-order valence-corrected chi connectivity index (χ4v) is 1.89. The lowest BCUT2D eigenvalue weighted by atomic mass is 10.1. The Kier molecular flexibility index (Phi) is 3.04. The van der Waals surface area contributed by atoms with Gasteiger partial charge in [0.2, 0.25) is 0 Å². The van der Waals surface area contributed by atoms with Crippen molar-refractivity contribution in [3.63, 3.8) is 0 Å². The first-order chi connectivity index (χ1) is 8.15. The molecule has 0 saturated heterocycles. The summed E-state index contributed by atoms with van der Waals surface area (Å²) < 4.78 is 13.0. The Morgan fingerprint density at radius 1 is 1.35 bits per heavy atom. The van der Waals surface area contributed by atoms with Crippen LogP contribution < -0.4 is 4.90 Å². The molecule has 0 radical (unpaired) electrons. The number of hydrogen-bond donors (Lipinski definition) is 0. The van der Waals surface area contributed by atoms with E-state index in [2.05, 4.69) is 6.58 Å². The molecule has 0 aliphatic carbocycles. The second-order valence-corrected chi connectivity index (χ2v) is 3.88. The SMILES string of the molecule is C=CCCCN1C(=O)C(=O)c2cc(F)ccc21. The van der Waals surface area contributed by atoms with Crippen LogP contribution in [0.15, 0.2) is 30.9 Å². The van der Waals surface area contributed by atoms with Crippen molar-refractivity contribution >= 4 is 17.4 Å². The number of halogens is 1. The van der Waals surface area contributed by atoms with Crippen molar-refractivity contribution in [2.24, 2.45) is 0 Å². The Hall–Kier alpha value is -1.97. The van der Waals surface area contributed by atoms with E-state index in [-0.39, 0.29) is 5.56 Å². The second kappa shape index (κ2) is 4.49. The molecule has 1 aromatic carbocycles. The highest BCUT2D eigenvalue weighted by Crippen LogP contribution is 2.29. The molecule has 4 heteroatoms. The van der Waals surface area contributed by atoms with E-state index in [9.17, 15) is 14.0 Å². The van der Waals surface area contributed by atoms with Gasteiger partial charge >= 0.3 is 0 Å². The molecular formula is C13H12FNO2. The summed E-state index contributed by atoms with van der Waals surface area (Å²) in [5, 5.41) is 0. The summed E-state index contributed by atoms with van der Waals surface area (Å²) in [4.78, 5) is 24.7. The molecule has 88 valence electrons. The number of hydrogen-bond acceptors (Lipinski definition) is 2. The first kappa shape index (κ1) is 11.5. The summed E-state index contributed by atoms with van der Waals surface area (Å²) >= 11 is 0. The molecule has 17 heavy (non-hydrogen) atoms. The largest absolute Gasteiger partial charge is 0.305 e. The third-order valence-corrected chi connectivity index (χ3v) is 2.72. The van der Waals surface area contributed by atoms with Gasteiger partial charge in [-0.1, -0.05) is 6.08 Å². The molecule has 2 rings (SSSR count). The maximum Gasteiger partial charge on any atom is 0.299 e. The highest BCUT2D eigenvalue weighted by molar-refractivity contribution is 6.52. The summed E-state index contributed by atoms with van der Waals surface area (Å²) in [6.45, 7) is 4.05. The molecule has 0 spiro atoms. The topological polar surface area (TPSA) is 37.4 Å². The summed E-state index contributed by atoms with van der Waals surface area (Å²) in [7, 11) is 0. The van der Waals surface area contributed by atoms with Crippen LogP contribution in [-0.2, 0) is 4.79 Å². The van der Waals surface area contributed by atoms with Crippen LogP contribution >= 0.6 is 0 Å². The molecule has 0 N–H and O–H groups in total. The monoisotopic (exact) mass is 233 g/mol. The number of unbranched alkanes of at least 4 members (excludes halogenated alkanes) is 1. The molecular weight excluding hydrogens is 221 g/mol. The first-order valence-electron chi connectivity index (χ1n) is 5.42. The fourth-order valence-electron chi connectivity index (χ4n) is 1.89. The maximum absolute atomic E-state index is 13.0. The lowest BCUT2D eigenvalue weighted by molar-refractivity contribution is -0.114. The molecule has 0 unspecified atom stereocenters. The van der Waals surface area contributed by atoms with Gasteiger partial charge in [-0.2, -0.15) is 0 Å². The van der Waals surface area contributed by atoms with Crippen LogP contribution in [0.3, 0.4) is 0 Å². The Morgan fingerprint density at radius 3 is 2.82 bits per heavy atom. The molecule has 0 atom stereocenters. The molecule has 0 saturated carbocycles. The Balaban J connectivity index is 2.28. The number of Topliss-reactive ketones (excluding diaryl/α,β-unsaturated/α-hetero) is 1. The van der Waals surface area contributed by atoms with E-state index in [0.29, 0.717) is 12.2 Å². The van der Waals surface area contributed by atoms with Crippen molar-refractivity contribution in [3.05, 3.63) is 42.2 Å². The van der Waals surface area contributed by atoms with Crippen LogP contribution in [0.25, 0.3) is 0 Å². The molecule has 1 aliphatic heterocycles. The van der Waals surface area contributed by atoms with Gasteiger partial charge in [-0.05, 0) is 31.0 Å². The Labute approximate surface area is 98.5 Å². The molecule has 1 aliphatic rings. The summed E-state index contributed by atoms with van der Waals surface area (Å²) in [5.74, 6) is -1.70. The molecule has 1 amide bonds. The minimum atomic E-state index is -0.627. The minimum Gasteiger partial charge on any atom is -0.305 e. The summed E-state index contributed by atoms with van der Waals surface area (Å²) in [5.41, 5.74) is 0.666. The highest BCUT2D eigenvalue weighted by atomic mass is 19.1. The number of benzene rings is 1. The van der Waals surface area contributed by atoms with Crippen LogP contribution in [0.4, 0.5) is 10.1 Å². The molecule has 3 nitrogen and oxygen atoms in total. The number of amides is 1. The zero-order valence-corrected chi connectivity index (χ0v) is 9.28. The molecule has 1 heterocycles. The van der Waals surface area contributed by atoms with Crippen molar-refractivity contribution in [1.82, 2.24) is 0 Å². The molecule has 0 aromatic heterocycles. The second-order valence-electron chi connectivity index (χ2n) is 3.88. The van der Waals surface area contributed by atoms with Gasteiger partial charge in [0.15, 0.2) is 0 Å². The van der Waals surface area contributed by atoms with Crippen LogP contribution in [-0.4, -0.2) is 18.2 Å². The van der Waals surface area contributed by atoms with E-state index >= 15 is 0 Å². The predicted octanol–water partition coefficient (Wildman–Crippen LogP) is 2.32. The lowest BCUT2D eigenvalue weighted by Crippen LogP contribution is -2.30. The summed E-state index contributed by atoms with van der Waals surface area (Å²) in [6.07, 6.45) is 3.27. The maximum atomic E-state index is 13.0. The van der Waals surface area contributed by atoms with Crippen molar-refractivity contribution in [2.75, 3.05) is 11.4 Å². The fraction of sp³-hybridized carbons (Fsp3) is 0.231. The Bertz CT molecular complexity index is 496. The zero-order chi connectivity index (χ0) is 12.4. The Morgan fingerprint density at radius 2 is 2.12 bits per heavy atom. The molecule has 0 bridgehead atoms. The van der Waals surface area contributed by atoms with Crippen LogP contribution in [0.2, 0.25) is 0 Å². The number of anilines is 1. The van der Waals surface area contributed by atoms with E-state index in [1.807, 2.05) is 0 Å². The number of rotatable bonds is 4. The number of carbonyl (C=O) groups excluding carboxylic acids is 2. The van der Waals surface area contributed by atoms with Crippen molar-refractivity contribution in [2.45, 2.75) is 12.8 Å². The van der Waals surface area contributed by atoms with E-state index in [4.69, 9.17) is 0 Å². The van der Waals surface area contributed by atoms with Gasteiger partial charge in [0.05, 0.1) is 11.3 Å². The normalized spacial score (nSPS) is 14.1. The third kappa shape index (κ3) is 1.98. The third-order valence-electron chi connectivity index (χ3n) is 2.72. The average Bonchev–Trinajstić information content (AvgIpc) is 2.54. The highest BCUT2D eigenvalue weighted by Gasteiger charge is 2.35. The van der Waals surface area contributed by atoms with Crippen LogP contribution in [0, 0.1) is 5.82 Å². The van der Waals surface area contributed by atoms with Crippen molar-refractivity contribution < 1.29 is 14.0 Å². The van der Waals surface area contributed by atoms with Crippen LogP contribution in [0.5, 0.6) is 0 Å². The number of ketones is 1. The van der Waals surface area contributed by atoms with E-state index in [1.165, 1.54) is 17.0 Å². The van der Waals surface area contributed by atoms with Crippen molar-refractivity contribution in [3.8, 4) is 0 Å². The molecule has 1 aromatic rings. The van der Waals surface area contributed by atoms with Gasteiger partial charge in [0.25, 0.3) is 11.7 Å². The van der Waals surface area contributed by atoms with Crippen LogP contribution in [0.1, 0.15) is 23.2 Å². The average molecular weight is 233 g/mol. The lowest BCUT2D eigenvalue weighted by Gasteiger charge is -2.15. The van der Waals surface area contributed by atoms with Gasteiger partial charge in [0.1, 0.15) is 5.82 Å². The number of allylic oxidation sites excluding steroid dienone is 1. The van der Waals surface area contributed by atoms with Gasteiger partial charge in [-0.15, -0.1) is 6.58 Å². The van der Waals surface area contributed by atoms with Gasteiger partial charge in [0, 0.05) is 6.54 Å². The van der Waals surface area contributed by atoms with E-state index in [1.54, 1.807) is 6.08 Å². The summed E-state index contributed by atoms with van der Waals surface area (Å²) in [6, 6.07) is 3.84. The van der Waals surface area contributed by atoms with Gasteiger partial charge in [-0.3, -0.25) is 9.59 Å². The van der Waals surface area contributed by atoms with Gasteiger partial charge < -0.3 is 4.90 Å². The zero-order valence-electron chi connectivity index (χ0n) is 9.28.